The predicted octanol–water partition coefficient (Wildman–Crippen LogP) is 3.42. The van der Waals surface area contributed by atoms with Crippen molar-refractivity contribution in [3.05, 3.63) is 27.0 Å². The molecular weight excluding hydrogens is 452 g/mol. The van der Waals surface area contributed by atoms with E-state index in [2.05, 4.69) is 22.1 Å². The van der Waals surface area contributed by atoms with E-state index in [1.165, 1.54) is 26.6 Å². The van der Waals surface area contributed by atoms with Crippen LogP contribution < -0.4 is 5.32 Å². The molecule has 1 fully saturated rings. The van der Waals surface area contributed by atoms with E-state index in [0.29, 0.717) is 28.9 Å². The van der Waals surface area contributed by atoms with Crippen LogP contribution in [-0.2, 0) is 27.8 Å². The molecule has 1 N–H and O–H groups in total. The first-order chi connectivity index (χ1) is 13.9. The van der Waals surface area contributed by atoms with Gasteiger partial charge in [0, 0.05) is 30.9 Å². The minimum atomic E-state index is -3.74. The van der Waals surface area contributed by atoms with Crippen molar-refractivity contribution < 1.29 is 13.2 Å². The number of sulfonamides is 1. The van der Waals surface area contributed by atoms with E-state index in [4.69, 9.17) is 11.6 Å². The van der Waals surface area contributed by atoms with Crippen LogP contribution in [0.3, 0.4) is 0 Å². The van der Waals surface area contributed by atoms with Crippen LogP contribution in [0.5, 0.6) is 0 Å². The summed E-state index contributed by atoms with van der Waals surface area (Å²) in [5, 5.41) is 3.43. The summed E-state index contributed by atoms with van der Waals surface area (Å²) in [5.74, 6) is -0.315. The smallest absolute Gasteiger partial charge is 0.253 e. The number of nitrogens with one attached hydrogen (secondary N) is 1. The second-order valence-corrected chi connectivity index (χ2v) is 12.2. The highest BCUT2D eigenvalue weighted by Gasteiger charge is 2.40. The number of thiophene rings is 1. The first kappa shape index (κ1) is 21.2. The number of hydrogen-bond donors (Lipinski definition) is 1. The molecule has 2 aromatic heterocycles. The van der Waals surface area contributed by atoms with Crippen molar-refractivity contribution in [2.45, 2.75) is 49.4 Å². The van der Waals surface area contributed by atoms with Gasteiger partial charge < -0.3 is 5.32 Å². The zero-order valence-electron chi connectivity index (χ0n) is 16.1. The van der Waals surface area contributed by atoms with Crippen LogP contribution >= 0.6 is 34.3 Å². The van der Waals surface area contributed by atoms with Crippen LogP contribution in [0.4, 0.5) is 5.13 Å². The van der Waals surface area contributed by atoms with Crippen LogP contribution in [0.2, 0.25) is 4.34 Å². The van der Waals surface area contributed by atoms with E-state index < -0.39 is 16.1 Å². The monoisotopic (exact) mass is 474 g/mol. The van der Waals surface area contributed by atoms with Crippen molar-refractivity contribution in [3.63, 3.8) is 0 Å². The highest BCUT2D eigenvalue weighted by molar-refractivity contribution is 7.91. The van der Waals surface area contributed by atoms with Crippen LogP contribution in [0.1, 0.15) is 36.8 Å². The van der Waals surface area contributed by atoms with E-state index in [1.54, 1.807) is 6.07 Å². The largest absolute Gasteiger partial charge is 0.301 e. The molecule has 0 bridgehead atoms. The predicted molar refractivity (Wildman–Crippen MR) is 116 cm³/mol. The zero-order valence-corrected chi connectivity index (χ0v) is 19.3. The van der Waals surface area contributed by atoms with Crippen LogP contribution in [0, 0.1) is 0 Å². The molecule has 1 amide bonds. The number of halogens is 1. The van der Waals surface area contributed by atoms with Crippen LogP contribution in [-0.4, -0.2) is 54.2 Å². The van der Waals surface area contributed by atoms with Crippen molar-refractivity contribution in [3.8, 4) is 0 Å². The topological polar surface area (TPSA) is 82.6 Å². The Morgan fingerprint density at radius 3 is 2.90 bits per heavy atom. The van der Waals surface area contributed by atoms with Gasteiger partial charge in [-0.15, -0.1) is 22.7 Å². The summed E-state index contributed by atoms with van der Waals surface area (Å²) in [6.45, 7) is 5.39. The second-order valence-electron chi connectivity index (χ2n) is 7.24. The third-order valence-electron chi connectivity index (χ3n) is 5.20. The number of hydrogen-bond acceptors (Lipinski definition) is 7. The Morgan fingerprint density at radius 1 is 1.34 bits per heavy atom. The molecule has 0 aromatic carbocycles. The Kier molecular flexibility index (Phi) is 6.29. The fraction of sp³-hybridized carbons (Fsp3) is 0.556. The van der Waals surface area contributed by atoms with Crippen LogP contribution in [0.25, 0.3) is 0 Å². The number of nitrogens with zero attached hydrogens (tertiary/aromatic N) is 3. The third kappa shape index (κ3) is 4.38. The molecule has 0 radical (unpaired) electrons. The Hall–Kier alpha value is -1.04. The number of carbonyl (C=O) groups is 1. The lowest BCUT2D eigenvalue weighted by molar-refractivity contribution is -0.119. The van der Waals surface area contributed by atoms with E-state index in [0.717, 1.165) is 49.5 Å². The molecule has 1 unspecified atom stereocenters. The maximum atomic E-state index is 13.0. The molecule has 0 aliphatic carbocycles. The van der Waals surface area contributed by atoms with Crippen molar-refractivity contribution in [1.29, 1.82) is 0 Å². The van der Waals surface area contributed by atoms with Gasteiger partial charge in [-0.3, -0.25) is 9.69 Å². The Morgan fingerprint density at radius 2 is 2.17 bits per heavy atom. The van der Waals surface area contributed by atoms with Gasteiger partial charge in [-0.2, -0.15) is 4.31 Å². The van der Waals surface area contributed by atoms with Gasteiger partial charge in [0.1, 0.15) is 10.3 Å². The molecule has 2 aliphatic rings. The summed E-state index contributed by atoms with van der Waals surface area (Å²) in [6.07, 6.45) is 3.14. The lowest BCUT2D eigenvalue weighted by Gasteiger charge is -2.24. The van der Waals surface area contributed by atoms with Crippen molar-refractivity contribution in [1.82, 2.24) is 14.2 Å². The molecule has 0 spiro atoms. The molecule has 4 heterocycles. The quantitative estimate of drug-likeness (QED) is 0.693. The van der Waals surface area contributed by atoms with E-state index in [-0.39, 0.29) is 10.1 Å². The van der Waals surface area contributed by atoms with Crippen LogP contribution in [0.15, 0.2) is 16.3 Å². The molecule has 0 saturated carbocycles. The van der Waals surface area contributed by atoms with E-state index in [9.17, 15) is 13.2 Å². The van der Waals surface area contributed by atoms with Gasteiger partial charge in [0.05, 0.1) is 10.0 Å². The molecule has 1 atom stereocenters. The molecule has 2 aliphatic heterocycles. The average molecular weight is 475 g/mol. The maximum absolute atomic E-state index is 13.0. The molecule has 158 valence electrons. The number of amides is 1. The number of carbonyl (C=O) groups excluding carboxylic acids is 1. The average Bonchev–Trinajstić information content (AvgIpc) is 3.40. The fourth-order valence-corrected chi connectivity index (χ4v) is 8.16. The molecule has 1 saturated heterocycles. The van der Waals surface area contributed by atoms with Gasteiger partial charge >= 0.3 is 0 Å². The fourth-order valence-electron chi connectivity index (χ4n) is 3.84. The van der Waals surface area contributed by atoms with Crippen molar-refractivity contribution in [2.75, 3.05) is 25.0 Å². The third-order valence-corrected chi connectivity index (χ3v) is 9.80. The summed E-state index contributed by atoms with van der Waals surface area (Å²) in [6, 6.07) is 2.33. The number of thiazole rings is 1. The SMILES string of the molecule is CCCN1CCc2nc(NC(=O)C3CCCN3S(=O)(=O)c3ccc(Cl)s3)sc2C1. The standard InChI is InChI=1S/C18H23ClN4O3S3/c1-2-8-22-10-7-12-14(11-22)27-18(20-12)21-17(24)13-4-3-9-23(13)29(25,26)16-6-5-15(19)28-16/h5-6,13H,2-4,7-11H2,1H3,(H,20,21,24). The highest BCUT2D eigenvalue weighted by atomic mass is 35.5. The number of rotatable bonds is 6. The van der Waals surface area contributed by atoms with Gasteiger partial charge in [-0.1, -0.05) is 18.5 Å². The summed E-state index contributed by atoms with van der Waals surface area (Å²) in [4.78, 5) is 21.1. The molecular formula is C18H23ClN4O3S3. The zero-order chi connectivity index (χ0) is 20.6. The summed E-state index contributed by atoms with van der Waals surface area (Å²) >= 11 is 8.41. The summed E-state index contributed by atoms with van der Waals surface area (Å²) in [7, 11) is -3.74. The molecule has 29 heavy (non-hydrogen) atoms. The normalized spacial score (nSPS) is 20.7. The Bertz CT molecular complexity index is 1000. The summed E-state index contributed by atoms with van der Waals surface area (Å²) in [5.41, 5.74) is 1.04. The summed E-state index contributed by atoms with van der Waals surface area (Å²) < 4.78 is 27.8. The number of fused-ring (bicyclic) bond motifs is 1. The Labute approximate surface area is 183 Å². The number of anilines is 1. The highest BCUT2D eigenvalue weighted by Crippen LogP contribution is 2.33. The number of aromatic nitrogens is 1. The van der Waals surface area contributed by atoms with E-state index in [1.807, 2.05) is 0 Å². The van der Waals surface area contributed by atoms with E-state index >= 15 is 0 Å². The van der Waals surface area contributed by atoms with Crippen molar-refractivity contribution in [2.24, 2.45) is 0 Å². The van der Waals surface area contributed by atoms with Gasteiger partial charge in [0.25, 0.3) is 10.0 Å². The van der Waals surface area contributed by atoms with Gasteiger partial charge in [-0.05, 0) is 37.9 Å². The molecule has 7 nitrogen and oxygen atoms in total. The first-order valence-electron chi connectivity index (χ1n) is 9.67. The van der Waals surface area contributed by atoms with Gasteiger partial charge in [0.2, 0.25) is 5.91 Å². The molecule has 11 heteroatoms. The first-order valence-corrected chi connectivity index (χ1v) is 13.1. The molecule has 2 aromatic rings. The van der Waals surface area contributed by atoms with Gasteiger partial charge in [-0.25, -0.2) is 13.4 Å². The minimum Gasteiger partial charge on any atom is -0.301 e. The molecule has 4 rings (SSSR count). The maximum Gasteiger partial charge on any atom is 0.253 e. The minimum absolute atomic E-state index is 0.169. The van der Waals surface area contributed by atoms with Crippen molar-refractivity contribution >= 4 is 55.3 Å². The van der Waals surface area contributed by atoms with Gasteiger partial charge in [0.15, 0.2) is 5.13 Å². The Balaban J connectivity index is 1.47. The lowest BCUT2D eigenvalue weighted by atomic mass is 10.2. The lowest BCUT2D eigenvalue weighted by Crippen LogP contribution is -2.42. The second kappa shape index (κ2) is 8.60.